The maximum Gasteiger partial charge on any atom is 0.254 e. The molecule has 0 radical (unpaired) electrons. The van der Waals surface area contributed by atoms with Gasteiger partial charge in [0.15, 0.2) is 0 Å². The van der Waals surface area contributed by atoms with E-state index in [1.807, 2.05) is 71.3 Å². The number of benzene rings is 2. The standard InChI is InChI=1S/C25H24N4O3/c1-18-5-3-4-6-21(18)24(30)28-13-15-29(16-14-28)25-22(17-26)27-23(32-25)12-9-19-7-10-20(31-2)11-8-19/h3-12H,13-16H2,1-2H3/b12-9+. The summed E-state index contributed by atoms with van der Waals surface area (Å²) in [5, 5.41) is 9.52. The van der Waals surface area contributed by atoms with E-state index < -0.39 is 0 Å². The predicted molar refractivity (Wildman–Crippen MR) is 122 cm³/mol. The van der Waals surface area contributed by atoms with E-state index in [-0.39, 0.29) is 11.6 Å². The number of carbonyl (C=O) groups excluding carboxylic acids is 1. The van der Waals surface area contributed by atoms with E-state index >= 15 is 0 Å². The summed E-state index contributed by atoms with van der Waals surface area (Å²) in [6, 6.07) is 17.3. The van der Waals surface area contributed by atoms with Crippen LogP contribution in [0.25, 0.3) is 12.2 Å². The van der Waals surface area contributed by atoms with Crippen molar-refractivity contribution in [3.8, 4) is 11.8 Å². The molecule has 0 unspecified atom stereocenters. The third-order valence-corrected chi connectivity index (χ3v) is 5.50. The van der Waals surface area contributed by atoms with Gasteiger partial charge in [-0.2, -0.15) is 10.2 Å². The Kier molecular flexibility index (Phi) is 6.22. The van der Waals surface area contributed by atoms with E-state index in [4.69, 9.17) is 9.15 Å². The summed E-state index contributed by atoms with van der Waals surface area (Å²) in [6.07, 6.45) is 3.61. The number of piperazine rings is 1. The average molecular weight is 428 g/mol. The summed E-state index contributed by atoms with van der Waals surface area (Å²) in [5.74, 6) is 1.63. The molecule has 7 heteroatoms. The molecule has 1 aliphatic heterocycles. The summed E-state index contributed by atoms with van der Waals surface area (Å²) >= 11 is 0. The Morgan fingerprint density at radius 3 is 2.47 bits per heavy atom. The number of nitriles is 1. The van der Waals surface area contributed by atoms with Gasteiger partial charge in [0.25, 0.3) is 5.91 Å². The van der Waals surface area contributed by atoms with Gasteiger partial charge in [-0.05, 0) is 42.3 Å². The van der Waals surface area contributed by atoms with E-state index in [0.29, 0.717) is 38.0 Å². The first-order chi connectivity index (χ1) is 15.6. The summed E-state index contributed by atoms with van der Waals surface area (Å²) < 4.78 is 11.1. The Balaban J connectivity index is 1.44. The number of hydrogen-bond acceptors (Lipinski definition) is 6. The quantitative estimate of drug-likeness (QED) is 0.611. The highest BCUT2D eigenvalue weighted by Gasteiger charge is 2.27. The van der Waals surface area contributed by atoms with Crippen LogP contribution < -0.4 is 9.64 Å². The first kappa shape index (κ1) is 21.2. The van der Waals surface area contributed by atoms with Gasteiger partial charge in [0.05, 0.1) is 7.11 Å². The minimum Gasteiger partial charge on any atom is -0.497 e. The van der Waals surface area contributed by atoms with Crippen LogP contribution in [0.4, 0.5) is 5.88 Å². The first-order valence-electron chi connectivity index (χ1n) is 10.4. The smallest absolute Gasteiger partial charge is 0.254 e. The number of oxazole rings is 1. The highest BCUT2D eigenvalue weighted by molar-refractivity contribution is 5.95. The van der Waals surface area contributed by atoms with Gasteiger partial charge in [0.2, 0.25) is 17.5 Å². The Morgan fingerprint density at radius 1 is 1.09 bits per heavy atom. The van der Waals surface area contributed by atoms with Gasteiger partial charge in [-0.15, -0.1) is 0 Å². The number of hydrogen-bond donors (Lipinski definition) is 0. The topological polar surface area (TPSA) is 82.6 Å². The number of anilines is 1. The van der Waals surface area contributed by atoms with Crippen LogP contribution in [0, 0.1) is 18.3 Å². The van der Waals surface area contributed by atoms with Gasteiger partial charge >= 0.3 is 0 Å². The molecular formula is C25H24N4O3. The van der Waals surface area contributed by atoms with E-state index in [2.05, 4.69) is 11.1 Å². The van der Waals surface area contributed by atoms with Crippen molar-refractivity contribution >= 4 is 23.9 Å². The van der Waals surface area contributed by atoms with Gasteiger partial charge in [-0.1, -0.05) is 30.3 Å². The van der Waals surface area contributed by atoms with Crippen molar-refractivity contribution in [1.29, 1.82) is 5.26 Å². The lowest BCUT2D eigenvalue weighted by atomic mass is 10.1. The lowest BCUT2D eigenvalue weighted by molar-refractivity contribution is 0.0744. The van der Waals surface area contributed by atoms with Crippen molar-refractivity contribution in [2.45, 2.75) is 6.92 Å². The minimum absolute atomic E-state index is 0.0314. The highest BCUT2D eigenvalue weighted by atomic mass is 16.5. The number of rotatable bonds is 5. The number of amides is 1. The van der Waals surface area contributed by atoms with Crippen LogP contribution in [-0.2, 0) is 0 Å². The van der Waals surface area contributed by atoms with Gasteiger partial charge in [-0.3, -0.25) is 4.79 Å². The number of ether oxygens (including phenoxy) is 1. The molecular weight excluding hydrogens is 404 g/mol. The number of methoxy groups -OCH3 is 1. The third-order valence-electron chi connectivity index (χ3n) is 5.50. The summed E-state index contributed by atoms with van der Waals surface area (Å²) in [4.78, 5) is 21.0. The van der Waals surface area contributed by atoms with Crippen molar-refractivity contribution in [3.63, 3.8) is 0 Å². The number of nitrogens with zero attached hydrogens (tertiary/aromatic N) is 4. The fraction of sp³-hybridized carbons (Fsp3) is 0.240. The second-order valence-corrected chi connectivity index (χ2v) is 7.52. The molecule has 1 fully saturated rings. The van der Waals surface area contributed by atoms with Crippen LogP contribution in [0.5, 0.6) is 5.75 Å². The van der Waals surface area contributed by atoms with Crippen molar-refractivity contribution in [1.82, 2.24) is 9.88 Å². The molecule has 4 rings (SSSR count). The monoisotopic (exact) mass is 428 g/mol. The molecule has 0 bridgehead atoms. The molecule has 2 aromatic carbocycles. The molecule has 0 spiro atoms. The van der Waals surface area contributed by atoms with Crippen LogP contribution >= 0.6 is 0 Å². The van der Waals surface area contributed by atoms with Gasteiger partial charge in [0.1, 0.15) is 11.8 Å². The SMILES string of the molecule is COc1ccc(/C=C/c2nc(C#N)c(N3CCN(C(=O)c4ccccc4C)CC3)o2)cc1. The number of aryl methyl sites for hydroxylation is 1. The third kappa shape index (κ3) is 4.49. The van der Waals surface area contributed by atoms with Crippen molar-refractivity contribution in [3.05, 3.63) is 76.8 Å². The van der Waals surface area contributed by atoms with Crippen molar-refractivity contribution in [2.24, 2.45) is 0 Å². The molecule has 1 aromatic heterocycles. The van der Waals surface area contributed by atoms with E-state index in [1.54, 1.807) is 13.2 Å². The zero-order valence-electron chi connectivity index (χ0n) is 18.1. The number of aromatic nitrogens is 1. The van der Waals surface area contributed by atoms with E-state index in [9.17, 15) is 10.1 Å². The van der Waals surface area contributed by atoms with E-state index in [1.165, 1.54) is 0 Å². The maximum absolute atomic E-state index is 12.9. The molecule has 2 heterocycles. The van der Waals surface area contributed by atoms with E-state index in [0.717, 1.165) is 22.4 Å². The lowest BCUT2D eigenvalue weighted by Gasteiger charge is -2.34. The highest BCUT2D eigenvalue weighted by Crippen LogP contribution is 2.25. The molecule has 162 valence electrons. The maximum atomic E-state index is 12.9. The fourth-order valence-electron chi connectivity index (χ4n) is 3.67. The lowest BCUT2D eigenvalue weighted by Crippen LogP contribution is -2.49. The van der Waals surface area contributed by atoms with Crippen LogP contribution in [0.15, 0.2) is 52.9 Å². The molecule has 32 heavy (non-hydrogen) atoms. The Hall–Kier alpha value is -4.05. The Morgan fingerprint density at radius 2 is 1.81 bits per heavy atom. The summed E-state index contributed by atoms with van der Waals surface area (Å²) in [6.45, 7) is 4.19. The molecule has 1 aliphatic rings. The first-order valence-corrected chi connectivity index (χ1v) is 10.4. The fourth-order valence-corrected chi connectivity index (χ4v) is 3.67. The largest absolute Gasteiger partial charge is 0.497 e. The zero-order valence-corrected chi connectivity index (χ0v) is 18.1. The molecule has 1 saturated heterocycles. The van der Waals surface area contributed by atoms with Crippen molar-refractivity contribution < 1.29 is 13.9 Å². The van der Waals surface area contributed by atoms with Crippen molar-refractivity contribution in [2.75, 3.05) is 38.2 Å². The van der Waals surface area contributed by atoms with Gasteiger partial charge in [0, 0.05) is 37.8 Å². The second-order valence-electron chi connectivity index (χ2n) is 7.52. The molecule has 0 atom stereocenters. The zero-order chi connectivity index (χ0) is 22.5. The van der Waals surface area contributed by atoms with Crippen LogP contribution in [0.3, 0.4) is 0 Å². The molecule has 1 amide bonds. The number of carbonyl (C=O) groups is 1. The minimum atomic E-state index is 0.0314. The molecule has 0 aliphatic carbocycles. The summed E-state index contributed by atoms with van der Waals surface area (Å²) in [7, 11) is 1.63. The second kappa shape index (κ2) is 9.40. The van der Waals surface area contributed by atoms with Gasteiger partial charge in [-0.25, -0.2) is 0 Å². The van der Waals surface area contributed by atoms with Crippen LogP contribution in [-0.4, -0.2) is 49.1 Å². The Bertz CT molecular complexity index is 1170. The average Bonchev–Trinajstić information content (AvgIpc) is 3.26. The molecule has 3 aromatic rings. The normalized spacial score (nSPS) is 13.9. The molecule has 7 nitrogen and oxygen atoms in total. The predicted octanol–water partition coefficient (Wildman–Crippen LogP) is 4.00. The van der Waals surface area contributed by atoms with Crippen LogP contribution in [0.1, 0.15) is 33.1 Å². The van der Waals surface area contributed by atoms with Gasteiger partial charge < -0.3 is 19.0 Å². The Labute approximate surface area is 187 Å². The molecule has 0 saturated carbocycles. The summed E-state index contributed by atoms with van der Waals surface area (Å²) in [5.41, 5.74) is 2.91. The molecule has 0 N–H and O–H groups in total. The van der Waals surface area contributed by atoms with Crippen LogP contribution in [0.2, 0.25) is 0 Å².